The molecule has 9 aromatic carbocycles. The third-order valence-corrected chi connectivity index (χ3v) is 21.5. The van der Waals surface area contributed by atoms with E-state index >= 15 is 0 Å². The van der Waals surface area contributed by atoms with Crippen molar-refractivity contribution in [3.8, 4) is 12.3 Å². The summed E-state index contributed by atoms with van der Waals surface area (Å²) in [5.41, 5.74) is 42.6. The summed E-state index contributed by atoms with van der Waals surface area (Å²) in [6.07, 6.45) is 8.23. The average Bonchev–Trinajstić information content (AvgIpc) is 3.58. The Balaban J connectivity index is 1.47. The zero-order chi connectivity index (χ0) is 54.4. The molecule has 0 bridgehead atoms. The lowest BCUT2D eigenvalue weighted by Gasteiger charge is -2.31. The second-order valence-corrected chi connectivity index (χ2v) is 23.9. The molecule has 0 heterocycles. The SMILES string of the molecule is BCc1c(B)c(B)c2c(B)c(B)c(B)c3c(B)c(B)/c(=C(/C#C)c4c(B)c(B)c5c(B)c(B)c(B)c(B)c5c4C4C(B)=C(B)C(c5c(B)c(B)c6c(B)c(B)c7c(B)c(B)c(B)c8c(B)c(B)c5c6c78)=C4B)c1c23. The minimum absolute atomic E-state index is 0.000506. The smallest absolute Gasteiger partial charge is 0.115 e. The van der Waals surface area contributed by atoms with Gasteiger partial charge in [-0.1, -0.05) is 127 Å². The quantitative estimate of drug-likeness (QED) is 0.0938. The molecule has 0 amide bonds. The van der Waals surface area contributed by atoms with Crippen LogP contribution in [-0.4, -0.2) is 204 Å². The monoisotopic (exact) mass is 919 g/mol. The molecule has 1 atom stereocenters. The van der Waals surface area contributed by atoms with Crippen LogP contribution in [0.4, 0.5) is 0 Å². The normalized spacial score (nSPS) is 14.6. The lowest BCUT2D eigenvalue weighted by atomic mass is 9.57. The van der Waals surface area contributed by atoms with Gasteiger partial charge in [-0.2, -0.15) is 0 Å². The Morgan fingerprint density at radius 1 is 0.324 bits per heavy atom. The number of terminal acetylenes is 1. The van der Waals surface area contributed by atoms with Gasteiger partial charge < -0.3 is 0 Å². The van der Waals surface area contributed by atoms with E-state index in [0.29, 0.717) is 0 Å². The Kier molecular flexibility index (Phi) is 12.7. The topological polar surface area (TPSA) is 0 Å². The van der Waals surface area contributed by atoms with Crippen molar-refractivity contribution in [2.24, 2.45) is 0 Å². The molecular weight excluding hydrogens is 858 g/mol. The summed E-state index contributed by atoms with van der Waals surface area (Å²) in [5, 5.41) is 18.3. The highest BCUT2D eigenvalue weighted by Gasteiger charge is 2.36. The minimum Gasteiger partial charge on any atom is -0.115 e. The number of rotatable bonds is 4. The van der Waals surface area contributed by atoms with E-state index in [1.54, 1.807) is 0 Å². The summed E-state index contributed by atoms with van der Waals surface area (Å²) in [4.78, 5) is 0. The van der Waals surface area contributed by atoms with Crippen molar-refractivity contribution in [3.63, 3.8) is 0 Å². The molecule has 0 spiro atoms. The third-order valence-electron chi connectivity index (χ3n) is 21.5. The molecule has 0 aliphatic heterocycles. The van der Waals surface area contributed by atoms with Gasteiger partial charge in [-0.15, -0.1) is 33.7 Å². The van der Waals surface area contributed by atoms with Crippen molar-refractivity contribution in [1.82, 2.24) is 0 Å². The van der Waals surface area contributed by atoms with Crippen LogP contribution >= 0.6 is 0 Å². The molecule has 26 heteroatoms. The molecule has 9 aromatic rings. The van der Waals surface area contributed by atoms with E-state index in [0.717, 1.165) is 11.9 Å². The summed E-state index contributed by atoms with van der Waals surface area (Å²) < 4.78 is 0. The summed E-state index contributed by atoms with van der Waals surface area (Å²) in [6.45, 7) is 0. The maximum absolute atomic E-state index is 7.30. The van der Waals surface area contributed by atoms with Crippen molar-refractivity contribution in [2.45, 2.75) is 12.2 Å². The number of hydrogen-bond donors (Lipinski definition) is 0. The van der Waals surface area contributed by atoms with E-state index in [1.807, 2.05) is 0 Å². The number of benzene rings is 9. The van der Waals surface area contributed by atoms with Crippen LogP contribution in [0.3, 0.4) is 0 Å². The zero-order valence-corrected chi connectivity index (χ0v) is 50.4. The Bertz CT molecular complexity index is 4360. The lowest BCUT2D eigenvalue weighted by molar-refractivity contribution is 1.07. The van der Waals surface area contributed by atoms with Gasteiger partial charge in [0, 0.05) is 11.5 Å². The summed E-state index contributed by atoms with van der Waals surface area (Å²) in [6, 6.07) is 0. The van der Waals surface area contributed by atoms with Gasteiger partial charge in [0.1, 0.15) is 204 Å². The van der Waals surface area contributed by atoms with Crippen molar-refractivity contribution in [2.75, 3.05) is 0 Å². The van der Waals surface area contributed by atoms with Crippen LogP contribution in [0, 0.1) is 12.3 Å². The van der Waals surface area contributed by atoms with Gasteiger partial charge >= 0.3 is 0 Å². The molecule has 0 saturated carbocycles. The van der Waals surface area contributed by atoms with Gasteiger partial charge in [-0.25, -0.2) is 0 Å². The molecule has 0 aromatic heterocycles. The average molecular weight is 914 g/mol. The zero-order valence-electron chi connectivity index (χ0n) is 50.4. The highest BCUT2D eigenvalue weighted by Crippen LogP contribution is 2.48. The predicted molar refractivity (Wildman–Crippen MR) is 417 cm³/mol. The third kappa shape index (κ3) is 6.43. The van der Waals surface area contributed by atoms with Crippen molar-refractivity contribution in [1.29, 1.82) is 0 Å². The standard InChI is InChI=1S/C48H56B26/c1-2-4(7-6-5(3-49)24(50)31(57)17-9(6)18(33(59)26(7)52)41(67)45(71)40(17)66)8-10(14-23(39(65)27(8)53)44(70)48(74)47(73)30(14)56)16-25(51)22(38(64)32(16)58)15-13-11-12-20(35(61)28(13)54)42(68)46(72)43(69)21(12)37(63)36(62)19(11)34(60)29(15)55/h1,16H,3,49-74H2/b7-4-. The fourth-order valence-electron chi connectivity index (χ4n) is 15.9. The van der Waals surface area contributed by atoms with Gasteiger partial charge in [0.2, 0.25) is 0 Å². The van der Waals surface area contributed by atoms with Crippen LogP contribution in [-0.2, 0) is 6.32 Å². The Hall–Kier alpha value is -4.47. The molecule has 0 nitrogen and oxygen atoms in total. The van der Waals surface area contributed by atoms with Gasteiger partial charge in [0.25, 0.3) is 0 Å². The van der Waals surface area contributed by atoms with Gasteiger partial charge in [0.05, 0.1) is 0 Å². The molecule has 0 fully saturated rings. The van der Waals surface area contributed by atoms with Gasteiger partial charge in [-0.3, -0.25) is 0 Å². The van der Waals surface area contributed by atoms with E-state index in [-0.39, 0.29) is 5.92 Å². The van der Waals surface area contributed by atoms with Crippen molar-refractivity contribution < 1.29 is 0 Å². The Morgan fingerprint density at radius 2 is 0.649 bits per heavy atom. The fourth-order valence-corrected chi connectivity index (χ4v) is 15.9. The van der Waals surface area contributed by atoms with Crippen LogP contribution in [0.15, 0.2) is 16.4 Å². The summed E-state index contributed by atoms with van der Waals surface area (Å²) >= 11 is 0. The maximum atomic E-state index is 7.30. The minimum atomic E-state index is 0.000506. The first kappa shape index (κ1) is 52.9. The second-order valence-electron chi connectivity index (χ2n) is 23.9. The second kappa shape index (κ2) is 17.8. The number of hydrogen-bond acceptors (Lipinski definition) is 0. The van der Waals surface area contributed by atoms with E-state index < -0.39 is 0 Å². The molecule has 0 saturated heterocycles. The van der Waals surface area contributed by atoms with E-state index in [4.69, 9.17) is 6.42 Å². The molecule has 326 valence electrons. The highest BCUT2D eigenvalue weighted by atomic mass is 14.4. The summed E-state index contributed by atoms with van der Waals surface area (Å²) in [7, 11) is 61.9. The van der Waals surface area contributed by atoms with Crippen molar-refractivity contribution in [3.05, 3.63) is 43.9 Å². The van der Waals surface area contributed by atoms with Crippen LogP contribution in [0.5, 0.6) is 0 Å². The first-order valence-electron chi connectivity index (χ1n) is 27.7. The van der Waals surface area contributed by atoms with E-state index in [2.05, 4.69) is 210 Å². The van der Waals surface area contributed by atoms with Gasteiger partial charge in [0.15, 0.2) is 0 Å². The van der Waals surface area contributed by atoms with Crippen LogP contribution in [0.25, 0.3) is 75.8 Å². The first-order chi connectivity index (χ1) is 34.7. The number of fused-ring (bicyclic) bond motifs is 1. The lowest BCUT2D eigenvalue weighted by Crippen LogP contribution is -2.52. The van der Waals surface area contributed by atoms with Gasteiger partial charge in [-0.05, 0) is 92.1 Å². The number of allylic oxidation sites excluding steroid dienone is 4. The largest absolute Gasteiger partial charge is 0.139 e. The molecule has 0 N–H and O–H groups in total. The van der Waals surface area contributed by atoms with Crippen LogP contribution in [0.1, 0.15) is 28.2 Å². The van der Waals surface area contributed by atoms with Crippen LogP contribution in [0.2, 0.25) is 0 Å². The van der Waals surface area contributed by atoms with Crippen LogP contribution < -0.4 is 125 Å². The molecule has 1 unspecified atom stereocenters. The van der Waals surface area contributed by atoms with Crippen molar-refractivity contribution >= 4 is 400 Å². The highest BCUT2D eigenvalue weighted by molar-refractivity contribution is 6.76. The Labute approximate surface area is 465 Å². The molecular formula is C48H56B26. The molecule has 1 aliphatic carbocycles. The fraction of sp³-hybridized carbons (Fsp3) is 0.0417. The Morgan fingerprint density at radius 3 is 1.09 bits per heavy atom. The first-order valence-corrected chi connectivity index (χ1v) is 27.7. The summed E-state index contributed by atoms with van der Waals surface area (Å²) in [5.74, 6) is 3.60. The predicted octanol–water partition coefficient (Wildman–Crippen LogP) is -31.0. The molecule has 74 heavy (non-hydrogen) atoms. The molecule has 1 aliphatic rings. The maximum Gasteiger partial charge on any atom is 0.139 e. The van der Waals surface area contributed by atoms with E-state index in [1.165, 1.54) is 234 Å². The molecule has 10 rings (SSSR count). The van der Waals surface area contributed by atoms with E-state index in [9.17, 15) is 0 Å². The molecule has 0 radical (unpaired) electrons.